The molecule has 0 aliphatic heterocycles. The van der Waals surface area contributed by atoms with Crippen LogP contribution < -0.4 is 11.1 Å². The van der Waals surface area contributed by atoms with Crippen molar-refractivity contribution >= 4 is 38.2 Å². The van der Waals surface area contributed by atoms with E-state index in [0.29, 0.717) is 0 Å². The van der Waals surface area contributed by atoms with Crippen LogP contribution in [0.4, 0.5) is 5.00 Å². The van der Waals surface area contributed by atoms with Gasteiger partial charge >= 0.3 is 0 Å². The van der Waals surface area contributed by atoms with Crippen LogP contribution in [0.25, 0.3) is 0 Å². The molecule has 0 aliphatic rings. The van der Waals surface area contributed by atoms with E-state index in [1.54, 1.807) is 6.92 Å². The summed E-state index contributed by atoms with van der Waals surface area (Å²) in [5.74, 6) is -0.163. The minimum atomic E-state index is -0.467. The largest absolute Gasteiger partial charge is 0.320 e. The Kier molecular flexibility index (Phi) is 3.25. The molecule has 12 heavy (non-hydrogen) atoms. The molecule has 1 heterocycles. The molecule has 1 aromatic heterocycles. The van der Waals surface area contributed by atoms with E-state index in [0.717, 1.165) is 9.47 Å². The zero-order valence-corrected chi connectivity index (χ0v) is 8.91. The predicted molar refractivity (Wildman–Crippen MR) is 54.3 cm³/mol. The van der Waals surface area contributed by atoms with E-state index in [4.69, 9.17) is 5.73 Å². The van der Waals surface area contributed by atoms with Gasteiger partial charge in [-0.05, 0) is 28.9 Å². The lowest BCUT2D eigenvalue weighted by atomic mass is 10.3. The van der Waals surface area contributed by atoms with Crippen LogP contribution in [0.15, 0.2) is 15.9 Å². The van der Waals surface area contributed by atoms with E-state index in [1.807, 2.05) is 11.4 Å². The third-order valence-corrected chi connectivity index (χ3v) is 2.83. The maximum atomic E-state index is 11.1. The molecule has 1 rings (SSSR count). The number of rotatable bonds is 2. The van der Waals surface area contributed by atoms with Crippen molar-refractivity contribution in [2.45, 2.75) is 13.0 Å². The van der Waals surface area contributed by atoms with Gasteiger partial charge in [0.1, 0.15) is 0 Å². The number of anilines is 1. The van der Waals surface area contributed by atoms with E-state index in [1.165, 1.54) is 11.3 Å². The first kappa shape index (κ1) is 9.70. The second kappa shape index (κ2) is 4.02. The summed E-state index contributed by atoms with van der Waals surface area (Å²) < 4.78 is 0.965. The van der Waals surface area contributed by atoms with Crippen molar-refractivity contribution in [3.8, 4) is 0 Å². The average Bonchev–Trinajstić information content (AvgIpc) is 2.35. The molecule has 0 radical (unpaired) electrons. The van der Waals surface area contributed by atoms with Gasteiger partial charge in [0.15, 0.2) is 0 Å². The van der Waals surface area contributed by atoms with E-state index < -0.39 is 6.04 Å². The summed E-state index contributed by atoms with van der Waals surface area (Å²) in [6.07, 6.45) is 0. The van der Waals surface area contributed by atoms with E-state index in [9.17, 15) is 4.79 Å². The topological polar surface area (TPSA) is 55.1 Å². The van der Waals surface area contributed by atoms with Crippen molar-refractivity contribution in [3.63, 3.8) is 0 Å². The third-order valence-electron chi connectivity index (χ3n) is 1.23. The monoisotopic (exact) mass is 248 g/mol. The van der Waals surface area contributed by atoms with Crippen molar-refractivity contribution in [2.75, 3.05) is 5.32 Å². The zero-order chi connectivity index (χ0) is 9.14. The van der Waals surface area contributed by atoms with Crippen LogP contribution in [0, 0.1) is 0 Å². The van der Waals surface area contributed by atoms with Crippen LogP contribution >= 0.6 is 27.3 Å². The predicted octanol–water partition coefficient (Wildman–Crippen LogP) is 1.80. The zero-order valence-electron chi connectivity index (χ0n) is 6.50. The highest BCUT2D eigenvalue weighted by Crippen LogP contribution is 2.24. The Bertz CT molecular complexity index is 285. The maximum Gasteiger partial charge on any atom is 0.241 e. The molecule has 0 aliphatic carbocycles. The Morgan fingerprint density at radius 2 is 2.50 bits per heavy atom. The molecule has 0 spiro atoms. The lowest BCUT2D eigenvalue weighted by Crippen LogP contribution is -2.32. The van der Waals surface area contributed by atoms with Crippen molar-refractivity contribution in [3.05, 3.63) is 15.9 Å². The molecular formula is C7H9BrN2OS. The molecule has 1 unspecified atom stereocenters. The minimum absolute atomic E-state index is 0.163. The molecule has 0 fully saturated rings. The summed E-state index contributed by atoms with van der Waals surface area (Å²) in [6, 6.07) is 1.37. The minimum Gasteiger partial charge on any atom is -0.320 e. The van der Waals surface area contributed by atoms with Crippen LogP contribution in [0.1, 0.15) is 6.92 Å². The van der Waals surface area contributed by atoms with Crippen LogP contribution in [-0.2, 0) is 4.79 Å². The van der Waals surface area contributed by atoms with Gasteiger partial charge in [0.05, 0.1) is 11.0 Å². The molecule has 1 aromatic rings. The summed E-state index contributed by atoms with van der Waals surface area (Å²) >= 11 is 4.75. The third kappa shape index (κ3) is 2.58. The molecule has 3 N–H and O–H groups in total. The van der Waals surface area contributed by atoms with Gasteiger partial charge in [0, 0.05) is 9.85 Å². The number of carbonyl (C=O) groups excluding carboxylic acids is 1. The second-order valence-corrected chi connectivity index (χ2v) is 4.23. The standard InChI is InChI=1S/C7H9BrN2OS/c1-4(9)7(11)10-6-2-5(8)3-12-6/h2-4H,9H2,1H3,(H,10,11). The Morgan fingerprint density at radius 1 is 1.83 bits per heavy atom. The Hall–Kier alpha value is -0.390. The number of hydrogen-bond acceptors (Lipinski definition) is 3. The molecule has 1 atom stereocenters. The number of amides is 1. The van der Waals surface area contributed by atoms with Gasteiger partial charge in [-0.2, -0.15) is 0 Å². The number of hydrogen-bond donors (Lipinski definition) is 2. The molecule has 0 aromatic carbocycles. The Labute approximate surface area is 83.1 Å². The van der Waals surface area contributed by atoms with Crippen LogP contribution in [0.3, 0.4) is 0 Å². The number of halogens is 1. The number of nitrogens with one attached hydrogen (secondary N) is 1. The van der Waals surface area contributed by atoms with Gasteiger partial charge < -0.3 is 11.1 Å². The van der Waals surface area contributed by atoms with E-state index >= 15 is 0 Å². The van der Waals surface area contributed by atoms with Crippen molar-refractivity contribution in [1.82, 2.24) is 0 Å². The quantitative estimate of drug-likeness (QED) is 0.839. The fourth-order valence-electron chi connectivity index (χ4n) is 0.614. The number of carbonyl (C=O) groups is 1. The lowest BCUT2D eigenvalue weighted by Gasteiger charge is -2.03. The highest BCUT2D eigenvalue weighted by atomic mass is 79.9. The van der Waals surface area contributed by atoms with Crippen LogP contribution in [-0.4, -0.2) is 11.9 Å². The molecular weight excluding hydrogens is 240 g/mol. The first-order chi connectivity index (χ1) is 5.59. The molecule has 0 saturated heterocycles. The fraction of sp³-hybridized carbons (Fsp3) is 0.286. The highest BCUT2D eigenvalue weighted by Gasteiger charge is 2.07. The highest BCUT2D eigenvalue weighted by molar-refractivity contribution is 9.10. The average molecular weight is 249 g/mol. The van der Waals surface area contributed by atoms with Crippen molar-refractivity contribution in [2.24, 2.45) is 5.73 Å². The van der Waals surface area contributed by atoms with Gasteiger partial charge in [0.25, 0.3) is 0 Å². The summed E-state index contributed by atoms with van der Waals surface area (Å²) in [7, 11) is 0. The fourth-order valence-corrected chi connectivity index (χ4v) is 1.94. The normalized spacial score (nSPS) is 12.6. The smallest absolute Gasteiger partial charge is 0.241 e. The van der Waals surface area contributed by atoms with E-state index in [-0.39, 0.29) is 5.91 Å². The molecule has 1 amide bonds. The van der Waals surface area contributed by atoms with Gasteiger partial charge in [-0.15, -0.1) is 11.3 Å². The molecule has 5 heteroatoms. The Morgan fingerprint density at radius 3 is 2.92 bits per heavy atom. The summed E-state index contributed by atoms with van der Waals surface area (Å²) in [6.45, 7) is 1.65. The van der Waals surface area contributed by atoms with Gasteiger partial charge in [-0.3, -0.25) is 4.79 Å². The van der Waals surface area contributed by atoms with E-state index in [2.05, 4.69) is 21.2 Å². The molecule has 3 nitrogen and oxygen atoms in total. The summed E-state index contributed by atoms with van der Waals surface area (Å²) in [5, 5.41) is 5.40. The SMILES string of the molecule is CC(N)C(=O)Nc1cc(Br)cs1. The summed E-state index contributed by atoms with van der Waals surface area (Å²) in [5.41, 5.74) is 5.37. The molecule has 0 bridgehead atoms. The Balaban J connectivity index is 2.58. The second-order valence-electron chi connectivity index (χ2n) is 2.41. The first-order valence-corrected chi connectivity index (χ1v) is 5.07. The van der Waals surface area contributed by atoms with Gasteiger partial charge in [-0.25, -0.2) is 0 Å². The van der Waals surface area contributed by atoms with Gasteiger partial charge in [0.2, 0.25) is 5.91 Å². The van der Waals surface area contributed by atoms with Crippen LogP contribution in [0.2, 0.25) is 0 Å². The lowest BCUT2D eigenvalue weighted by molar-refractivity contribution is -0.117. The maximum absolute atomic E-state index is 11.1. The van der Waals surface area contributed by atoms with Gasteiger partial charge in [-0.1, -0.05) is 0 Å². The van der Waals surface area contributed by atoms with Crippen LogP contribution in [0.5, 0.6) is 0 Å². The van der Waals surface area contributed by atoms with Crippen molar-refractivity contribution in [1.29, 1.82) is 0 Å². The molecule has 66 valence electrons. The number of nitrogens with two attached hydrogens (primary N) is 1. The van der Waals surface area contributed by atoms with Crippen molar-refractivity contribution < 1.29 is 4.79 Å². The molecule has 0 saturated carbocycles. The first-order valence-electron chi connectivity index (χ1n) is 3.40. The number of thiophene rings is 1. The summed E-state index contributed by atoms with van der Waals surface area (Å²) in [4.78, 5) is 11.1.